The lowest BCUT2D eigenvalue weighted by atomic mass is 10.1. The summed E-state index contributed by atoms with van der Waals surface area (Å²) < 4.78 is 0. The molecule has 0 spiro atoms. The van der Waals surface area contributed by atoms with Crippen molar-refractivity contribution < 1.29 is 19.5 Å². The molecule has 0 radical (unpaired) electrons. The molecule has 23 heavy (non-hydrogen) atoms. The summed E-state index contributed by atoms with van der Waals surface area (Å²) in [6.45, 7) is 0. The van der Waals surface area contributed by atoms with Crippen molar-refractivity contribution in [2.75, 3.05) is 16.0 Å². The van der Waals surface area contributed by atoms with Crippen LogP contribution in [0.15, 0.2) is 48.5 Å². The highest BCUT2D eigenvalue weighted by molar-refractivity contribution is 9.09. The van der Waals surface area contributed by atoms with Gasteiger partial charge in [0.15, 0.2) is 0 Å². The van der Waals surface area contributed by atoms with E-state index in [4.69, 9.17) is 5.11 Å². The van der Waals surface area contributed by atoms with Crippen molar-refractivity contribution in [3.8, 4) is 0 Å². The fourth-order valence-electron chi connectivity index (χ4n) is 1.94. The number of para-hydroxylation sites is 2. The van der Waals surface area contributed by atoms with Crippen LogP contribution in [0.2, 0.25) is 0 Å². The second-order valence-corrected chi connectivity index (χ2v) is 5.09. The third-order valence-corrected chi connectivity index (χ3v) is 3.48. The Kier molecular flexibility index (Phi) is 5.48. The molecule has 2 rings (SSSR count). The van der Waals surface area contributed by atoms with Gasteiger partial charge in [0.2, 0.25) is 5.91 Å². The zero-order valence-electron chi connectivity index (χ0n) is 11.9. The Balaban J connectivity index is 2.29. The fourth-order valence-corrected chi connectivity index (χ4v) is 2.08. The quantitative estimate of drug-likeness (QED) is 0.699. The Bertz CT molecular complexity index is 761. The molecule has 0 heterocycles. The van der Waals surface area contributed by atoms with E-state index in [2.05, 4.69) is 26.6 Å². The lowest BCUT2D eigenvalue weighted by molar-refractivity contribution is -0.113. The molecule has 0 unspecified atom stereocenters. The number of hydrogen-bond donors (Lipinski definition) is 3. The van der Waals surface area contributed by atoms with Crippen LogP contribution in [0.3, 0.4) is 0 Å². The predicted octanol–water partition coefficient (Wildman–Crippen LogP) is 2.97. The van der Waals surface area contributed by atoms with Crippen LogP contribution >= 0.6 is 15.9 Å². The number of nitrogens with one attached hydrogen (secondary N) is 2. The molecule has 0 saturated carbocycles. The molecule has 0 aliphatic rings. The van der Waals surface area contributed by atoms with E-state index in [1.165, 1.54) is 12.1 Å². The second-order valence-electron chi connectivity index (χ2n) is 4.53. The number of anilines is 2. The highest BCUT2D eigenvalue weighted by Crippen LogP contribution is 2.20. The van der Waals surface area contributed by atoms with Crippen molar-refractivity contribution in [1.29, 1.82) is 0 Å². The standard InChI is InChI=1S/C16H13BrN2O4/c17-9-14(20)18-12-7-3-1-5-10(12)15(21)19-13-8-4-2-6-11(13)16(22)23/h1-8H,9H2,(H,18,20)(H,19,21)(H,22,23). The summed E-state index contributed by atoms with van der Waals surface area (Å²) in [5.41, 5.74) is 0.763. The van der Waals surface area contributed by atoms with Crippen LogP contribution < -0.4 is 10.6 Å². The summed E-state index contributed by atoms with van der Waals surface area (Å²) in [5, 5.41) is 14.4. The maximum absolute atomic E-state index is 12.4. The molecular formula is C16H13BrN2O4. The second kappa shape index (κ2) is 7.55. The minimum atomic E-state index is -1.14. The number of hydrogen-bond acceptors (Lipinski definition) is 3. The van der Waals surface area contributed by atoms with Gasteiger partial charge in [-0.3, -0.25) is 9.59 Å². The van der Waals surface area contributed by atoms with Crippen molar-refractivity contribution in [2.24, 2.45) is 0 Å². The zero-order chi connectivity index (χ0) is 16.8. The Morgan fingerprint density at radius 1 is 0.870 bits per heavy atom. The largest absolute Gasteiger partial charge is 0.478 e. The Labute approximate surface area is 140 Å². The van der Waals surface area contributed by atoms with Crippen molar-refractivity contribution in [3.63, 3.8) is 0 Å². The van der Waals surface area contributed by atoms with Gasteiger partial charge in [-0.05, 0) is 24.3 Å². The molecule has 7 heteroatoms. The molecule has 0 saturated heterocycles. The number of carboxylic acid groups (broad SMARTS) is 1. The number of halogens is 1. The van der Waals surface area contributed by atoms with Crippen LogP contribution in [0.25, 0.3) is 0 Å². The van der Waals surface area contributed by atoms with E-state index in [1.54, 1.807) is 36.4 Å². The van der Waals surface area contributed by atoms with Crippen LogP contribution in [0.1, 0.15) is 20.7 Å². The topological polar surface area (TPSA) is 95.5 Å². The van der Waals surface area contributed by atoms with Crippen molar-refractivity contribution >= 4 is 45.1 Å². The van der Waals surface area contributed by atoms with Crippen LogP contribution in [-0.4, -0.2) is 28.2 Å². The number of carbonyl (C=O) groups is 3. The Morgan fingerprint density at radius 2 is 1.39 bits per heavy atom. The monoisotopic (exact) mass is 376 g/mol. The maximum Gasteiger partial charge on any atom is 0.337 e. The number of rotatable bonds is 5. The molecule has 3 N–H and O–H groups in total. The molecule has 2 amide bonds. The van der Waals surface area contributed by atoms with Crippen molar-refractivity contribution in [2.45, 2.75) is 0 Å². The van der Waals surface area contributed by atoms with Gasteiger partial charge in [-0.2, -0.15) is 0 Å². The average molecular weight is 377 g/mol. The van der Waals surface area contributed by atoms with Crippen LogP contribution in [0.4, 0.5) is 11.4 Å². The van der Waals surface area contributed by atoms with Crippen molar-refractivity contribution in [3.05, 3.63) is 59.7 Å². The van der Waals surface area contributed by atoms with Crippen molar-refractivity contribution in [1.82, 2.24) is 0 Å². The first-order chi connectivity index (χ1) is 11.0. The molecule has 0 aromatic heterocycles. The first-order valence-corrected chi connectivity index (χ1v) is 7.73. The smallest absolute Gasteiger partial charge is 0.337 e. The third-order valence-electron chi connectivity index (χ3n) is 2.97. The van der Waals surface area contributed by atoms with Gasteiger partial charge in [0.25, 0.3) is 5.91 Å². The van der Waals surface area contributed by atoms with E-state index < -0.39 is 11.9 Å². The molecule has 6 nitrogen and oxygen atoms in total. The minimum absolute atomic E-state index is 0.0113. The van der Waals surface area contributed by atoms with Crippen LogP contribution in [0, 0.1) is 0 Å². The molecule has 0 aliphatic heterocycles. The predicted molar refractivity (Wildman–Crippen MR) is 90.2 cm³/mol. The van der Waals surface area contributed by atoms with Gasteiger partial charge in [0.05, 0.1) is 27.8 Å². The molecule has 0 aliphatic carbocycles. The highest BCUT2D eigenvalue weighted by Gasteiger charge is 2.16. The normalized spacial score (nSPS) is 9.96. The van der Waals surface area contributed by atoms with Gasteiger partial charge in [-0.15, -0.1) is 0 Å². The van der Waals surface area contributed by atoms with Gasteiger partial charge >= 0.3 is 5.97 Å². The fraction of sp³-hybridized carbons (Fsp3) is 0.0625. The number of benzene rings is 2. The van der Waals surface area contributed by atoms with E-state index in [-0.39, 0.29) is 28.1 Å². The highest BCUT2D eigenvalue weighted by atomic mass is 79.9. The van der Waals surface area contributed by atoms with Gasteiger partial charge in [0.1, 0.15) is 0 Å². The summed E-state index contributed by atoms with van der Waals surface area (Å²) in [5.74, 6) is -1.94. The maximum atomic E-state index is 12.4. The number of carbonyl (C=O) groups excluding carboxylic acids is 2. The first kappa shape index (κ1) is 16.7. The summed E-state index contributed by atoms with van der Waals surface area (Å²) in [4.78, 5) is 35.1. The van der Waals surface area contributed by atoms with E-state index in [1.807, 2.05) is 0 Å². The first-order valence-electron chi connectivity index (χ1n) is 6.61. The number of amides is 2. The lowest BCUT2D eigenvalue weighted by Crippen LogP contribution is -2.19. The average Bonchev–Trinajstić information content (AvgIpc) is 2.55. The van der Waals surface area contributed by atoms with E-state index in [0.29, 0.717) is 5.69 Å². The van der Waals surface area contributed by atoms with Gasteiger partial charge in [-0.25, -0.2) is 4.79 Å². The van der Waals surface area contributed by atoms with Gasteiger partial charge in [0, 0.05) is 0 Å². The Morgan fingerprint density at radius 3 is 1.96 bits per heavy atom. The Hall–Kier alpha value is -2.67. The van der Waals surface area contributed by atoms with Crippen LogP contribution in [0.5, 0.6) is 0 Å². The lowest BCUT2D eigenvalue weighted by Gasteiger charge is -2.12. The zero-order valence-corrected chi connectivity index (χ0v) is 13.5. The third kappa shape index (κ3) is 4.17. The molecule has 0 atom stereocenters. The van der Waals surface area contributed by atoms with E-state index >= 15 is 0 Å². The molecule has 118 valence electrons. The molecule has 0 bridgehead atoms. The van der Waals surface area contributed by atoms with Gasteiger partial charge < -0.3 is 15.7 Å². The molecular weight excluding hydrogens is 364 g/mol. The number of carboxylic acids is 1. The van der Waals surface area contributed by atoms with E-state index in [0.717, 1.165) is 0 Å². The van der Waals surface area contributed by atoms with Crippen LogP contribution in [-0.2, 0) is 4.79 Å². The van der Waals surface area contributed by atoms with Gasteiger partial charge in [-0.1, -0.05) is 40.2 Å². The molecule has 2 aromatic rings. The number of alkyl halides is 1. The van der Waals surface area contributed by atoms with E-state index in [9.17, 15) is 14.4 Å². The minimum Gasteiger partial charge on any atom is -0.478 e. The summed E-state index contributed by atoms with van der Waals surface area (Å²) >= 11 is 3.04. The summed E-state index contributed by atoms with van der Waals surface area (Å²) in [6, 6.07) is 12.6. The summed E-state index contributed by atoms with van der Waals surface area (Å²) in [6.07, 6.45) is 0. The molecule has 0 fully saturated rings. The molecule has 2 aromatic carbocycles. The SMILES string of the molecule is O=C(CBr)Nc1ccccc1C(=O)Nc1ccccc1C(=O)O. The summed E-state index contributed by atoms with van der Waals surface area (Å²) in [7, 11) is 0. The number of aromatic carboxylic acids is 1.